The van der Waals surface area contributed by atoms with Gasteiger partial charge in [-0.1, -0.05) is 48.5 Å². The molecule has 5 heteroatoms. The van der Waals surface area contributed by atoms with Gasteiger partial charge in [-0.05, 0) is 29.8 Å². The highest BCUT2D eigenvalue weighted by Crippen LogP contribution is 2.44. The van der Waals surface area contributed by atoms with E-state index in [-0.39, 0.29) is 5.91 Å². The van der Waals surface area contributed by atoms with Gasteiger partial charge in [0.2, 0.25) is 11.8 Å². The molecule has 4 rings (SSSR count). The number of amides is 2. The first-order valence-electron chi connectivity index (χ1n) is 9.04. The van der Waals surface area contributed by atoms with Crippen LogP contribution >= 0.6 is 0 Å². The molecule has 0 aliphatic carbocycles. The lowest BCUT2D eigenvalue weighted by molar-refractivity contribution is -0.131. The number of hydrogen-bond acceptors (Lipinski definition) is 3. The molecule has 1 aliphatic rings. The highest BCUT2D eigenvalue weighted by atomic mass is 16.5. The van der Waals surface area contributed by atoms with Crippen molar-refractivity contribution in [2.75, 3.05) is 7.05 Å². The largest absolute Gasteiger partial charge is 0.457 e. The van der Waals surface area contributed by atoms with Crippen LogP contribution in [0.25, 0.3) is 0 Å². The summed E-state index contributed by atoms with van der Waals surface area (Å²) in [6, 6.07) is 22.3. The third-order valence-electron chi connectivity index (χ3n) is 4.93. The van der Waals surface area contributed by atoms with E-state index >= 15 is 0 Å². The van der Waals surface area contributed by atoms with E-state index in [1.807, 2.05) is 54.6 Å². The lowest BCUT2D eigenvalue weighted by Crippen LogP contribution is -2.33. The Morgan fingerprint density at radius 1 is 0.929 bits per heavy atom. The van der Waals surface area contributed by atoms with Crippen LogP contribution in [0.2, 0.25) is 0 Å². The summed E-state index contributed by atoms with van der Waals surface area (Å²) in [6.45, 7) is 0.377. The lowest BCUT2D eigenvalue weighted by atomic mass is 9.87. The Labute approximate surface area is 163 Å². The fraction of sp³-hybridized carbons (Fsp3) is 0.130. The zero-order valence-corrected chi connectivity index (χ0v) is 15.5. The first-order chi connectivity index (χ1) is 13.5. The maximum absolute atomic E-state index is 13.4. The molecular formula is C23H20N2O3. The number of ether oxygens (including phenoxy) is 1. The fourth-order valence-corrected chi connectivity index (χ4v) is 3.57. The molecule has 0 unspecified atom stereocenters. The predicted octanol–water partition coefficient (Wildman–Crippen LogP) is 3.68. The molecule has 0 saturated heterocycles. The Morgan fingerprint density at radius 3 is 2.14 bits per heavy atom. The topological polar surface area (TPSA) is 72.6 Å². The highest BCUT2D eigenvalue weighted by Gasteiger charge is 2.34. The number of likely N-dealkylation sites (N-methyl/N-ethyl adjacent to an activating group) is 1. The number of fused-ring (bicyclic) bond motifs is 2. The van der Waals surface area contributed by atoms with Crippen molar-refractivity contribution in [3.8, 4) is 11.5 Å². The van der Waals surface area contributed by atoms with Gasteiger partial charge in [0.15, 0.2) is 0 Å². The predicted molar refractivity (Wildman–Crippen MR) is 106 cm³/mol. The SMILES string of the molecule is CN(Cc1cccc(C(N)=O)c1)C(=O)C1c2ccccc2Oc2ccccc21. The Bertz CT molecular complexity index is 1020. The van der Waals surface area contributed by atoms with E-state index in [2.05, 4.69) is 0 Å². The molecule has 0 bridgehead atoms. The van der Waals surface area contributed by atoms with Gasteiger partial charge in [-0.2, -0.15) is 0 Å². The van der Waals surface area contributed by atoms with Gasteiger partial charge < -0.3 is 15.4 Å². The van der Waals surface area contributed by atoms with Crippen LogP contribution in [0, 0.1) is 0 Å². The molecule has 0 spiro atoms. The van der Waals surface area contributed by atoms with Crippen LogP contribution < -0.4 is 10.5 Å². The molecular weight excluding hydrogens is 352 g/mol. The van der Waals surface area contributed by atoms with E-state index in [9.17, 15) is 9.59 Å². The van der Waals surface area contributed by atoms with Crippen LogP contribution in [0.4, 0.5) is 0 Å². The summed E-state index contributed by atoms with van der Waals surface area (Å²) in [4.78, 5) is 26.5. The minimum absolute atomic E-state index is 0.0346. The molecule has 5 nitrogen and oxygen atoms in total. The van der Waals surface area contributed by atoms with E-state index in [0.717, 1.165) is 16.7 Å². The number of carbonyl (C=O) groups excluding carboxylic acids is 2. The van der Waals surface area contributed by atoms with Gasteiger partial charge >= 0.3 is 0 Å². The first-order valence-corrected chi connectivity index (χ1v) is 9.04. The van der Waals surface area contributed by atoms with Crippen LogP contribution in [-0.2, 0) is 11.3 Å². The molecule has 28 heavy (non-hydrogen) atoms. The summed E-state index contributed by atoms with van der Waals surface area (Å²) in [5.74, 6) is 0.439. The Hall–Kier alpha value is -3.60. The molecule has 140 valence electrons. The van der Waals surface area contributed by atoms with Crippen LogP contribution in [0.3, 0.4) is 0 Å². The number of nitrogens with zero attached hydrogens (tertiary/aromatic N) is 1. The molecule has 0 atom stereocenters. The van der Waals surface area contributed by atoms with Crippen LogP contribution in [0.1, 0.15) is 33.0 Å². The second kappa shape index (κ2) is 7.19. The smallest absolute Gasteiger partial charge is 0.248 e. The summed E-state index contributed by atoms with van der Waals surface area (Å²) in [6.07, 6.45) is 0. The zero-order chi connectivity index (χ0) is 19.7. The quantitative estimate of drug-likeness (QED) is 0.759. The molecule has 3 aromatic rings. The summed E-state index contributed by atoms with van der Waals surface area (Å²) in [5, 5.41) is 0. The van der Waals surface area contributed by atoms with Gasteiger partial charge in [0.25, 0.3) is 0 Å². The number of carbonyl (C=O) groups is 2. The Morgan fingerprint density at radius 2 is 1.54 bits per heavy atom. The highest BCUT2D eigenvalue weighted by molar-refractivity contribution is 5.93. The average molecular weight is 372 g/mol. The number of para-hydroxylation sites is 2. The van der Waals surface area contributed by atoms with Gasteiger partial charge in [0.05, 0.1) is 5.92 Å². The van der Waals surface area contributed by atoms with Crippen LogP contribution in [0.5, 0.6) is 11.5 Å². The standard InChI is InChI=1S/C23H20N2O3/c1-25(14-15-7-6-8-16(13-15)22(24)26)23(27)21-17-9-2-4-11-19(17)28-20-12-5-3-10-18(20)21/h2-13,21H,14H2,1H3,(H2,24,26). The molecule has 1 aliphatic heterocycles. The van der Waals surface area contributed by atoms with Crippen molar-refractivity contribution in [2.45, 2.75) is 12.5 Å². The van der Waals surface area contributed by atoms with E-state index in [0.29, 0.717) is 23.6 Å². The Kier molecular flexibility index (Phi) is 4.57. The number of hydrogen-bond donors (Lipinski definition) is 1. The van der Waals surface area contributed by atoms with Crippen molar-refractivity contribution in [3.05, 3.63) is 95.1 Å². The van der Waals surface area contributed by atoms with Gasteiger partial charge in [-0.25, -0.2) is 0 Å². The average Bonchev–Trinajstić information content (AvgIpc) is 2.71. The number of benzene rings is 3. The zero-order valence-electron chi connectivity index (χ0n) is 15.5. The lowest BCUT2D eigenvalue weighted by Gasteiger charge is -2.30. The van der Waals surface area contributed by atoms with E-state index in [4.69, 9.17) is 10.5 Å². The second-order valence-electron chi connectivity index (χ2n) is 6.87. The second-order valence-corrected chi connectivity index (χ2v) is 6.87. The maximum Gasteiger partial charge on any atom is 0.248 e. The fourth-order valence-electron chi connectivity index (χ4n) is 3.57. The summed E-state index contributed by atoms with van der Waals surface area (Å²) >= 11 is 0. The molecule has 2 amide bonds. The van der Waals surface area contributed by atoms with Crippen molar-refractivity contribution in [2.24, 2.45) is 5.73 Å². The minimum atomic E-state index is -0.483. The van der Waals surface area contributed by atoms with Gasteiger partial charge in [-0.3, -0.25) is 9.59 Å². The first kappa shape index (κ1) is 17.8. The molecule has 3 aromatic carbocycles. The van der Waals surface area contributed by atoms with Crippen LogP contribution in [-0.4, -0.2) is 23.8 Å². The Balaban J connectivity index is 1.66. The van der Waals surface area contributed by atoms with Crippen molar-refractivity contribution in [1.29, 1.82) is 0 Å². The van der Waals surface area contributed by atoms with Gasteiger partial charge in [-0.15, -0.1) is 0 Å². The van der Waals surface area contributed by atoms with Crippen molar-refractivity contribution in [3.63, 3.8) is 0 Å². The third kappa shape index (κ3) is 3.22. The monoisotopic (exact) mass is 372 g/mol. The van der Waals surface area contributed by atoms with Crippen LogP contribution in [0.15, 0.2) is 72.8 Å². The van der Waals surface area contributed by atoms with Gasteiger partial charge in [0.1, 0.15) is 11.5 Å². The molecule has 0 saturated carbocycles. The van der Waals surface area contributed by atoms with E-state index in [1.165, 1.54) is 0 Å². The molecule has 1 heterocycles. The van der Waals surface area contributed by atoms with E-state index in [1.54, 1.807) is 30.1 Å². The summed E-state index contributed by atoms with van der Waals surface area (Å²) in [5.41, 5.74) is 8.34. The molecule has 0 aromatic heterocycles. The molecule has 2 N–H and O–H groups in total. The normalized spacial score (nSPS) is 12.5. The molecule has 0 radical (unpaired) electrons. The van der Waals surface area contributed by atoms with E-state index < -0.39 is 11.8 Å². The van der Waals surface area contributed by atoms with Crippen molar-refractivity contribution < 1.29 is 14.3 Å². The van der Waals surface area contributed by atoms with Crippen molar-refractivity contribution >= 4 is 11.8 Å². The minimum Gasteiger partial charge on any atom is -0.457 e. The third-order valence-corrected chi connectivity index (χ3v) is 4.93. The maximum atomic E-state index is 13.4. The molecule has 0 fully saturated rings. The number of rotatable bonds is 4. The number of primary amides is 1. The van der Waals surface area contributed by atoms with Gasteiger partial charge in [0, 0.05) is 30.3 Å². The van der Waals surface area contributed by atoms with Crippen molar-refractivity contribution in [1.82, 2.24) is 4.90 Å². The summed E-state index contributed by atoms with van der Waals surface area (Å²) in [7, 11) is 1.76. The number of nitrogens with two attached hydrogens (primary N) is 1. The summed E-state index contributed by atoms with van der Waals surface area (Å²) < 4.78 is 5.98.